The highest BCUT2D eigenvalue weighted by Crippen LogP contribution is 2.21. The van der Waals surface area contributed by atoms with Gasteiger partial charge in [0.05, 0.1) is 0 Å². The van der Waals surface area contributed by atoms with E-state index in [2.05, 4.69) is 15.5 Å². The van der Waals surface area contributed by atoms with Crippen LogP contribution < -0.4 is 5.32 Å². The van der Waals surface area contributed by atoms with E-state index in [1.54, 1.807) is 11.8 Å². The van der Waals surface area contributed by atoms with Crippen LogP contribution in [0.4, 0.5) is 0 Å². The lowest BCUT2D eigenvalue weighted by Gasteiger charge is -2.13. The van der Waals surface area contributed by atoms with Gasteiger partial charge in [-0.15, -0.1) is 10.2 Å². The number of aliphatic carboxylic acids is 1. The van der Waals surface area contributed by atoms with Gasteiger partial charge in [-0.25, -0.2) is 0 Å². The van der Waals surface area contributed by atoms with E-state index in [4.69, 9.17) is 5.11 Å². The molecule has 1 aromatic rings. The number of thioether (sulfide) groups is 1. The van der Waals surface area contributed by atoms with E-state index < -0.39 is 12.0 Å². The van der Waals surface area contributed by atoms with E-state index in [0.29, 0.717) is 12.5 Å². The molecule has 100 valence electrons. The highest BCUT2D eigenvalue weighted by molar-refractivity contribution is 7.99. The zero-order valence-electron chi connectivity index (χ0n) is 10.6. The summed E-state index contributed by atoms with van der Waals surface area (Å²) in [7, 11) is 1.91. The van der Waals surface area contributed by atoms with Gasteiger partial charge in [-0.2, -0.15) is 0 Å². The second kappa shape index (κ2) is 5.71. The Bertz CT molecular complexity index is 431. The first-order valence-electron chi connectivity index (χ1n) is 6.05. The third kappa shape index (κ3) is 3.46. The zero-order valence-corrected chi connectivity index (χ0v) is 11.4. The topological polar surface area (TPSA) is 80.0 Å². The monoisotopic (exact) mass is 270 g/mol. The molecule has 0 spiro atoms. The number of aromatic nitrogens is 3. The molecule has 0 aliphatic heterocycles. The first-order valence-corrected chi connectivity index (χ1v) is 7.04. The molecule has 0 bridgehead atoms. The fourth-order valence-corrected chi connectivity index (χ4v) is 2.55. The van der Waals surface area contributed by atoms with Crippen LogP contribution in [0.2, 0.25) is 0 Å². The van der Waals surface area contributed by atoms with Crippen molar-refractivity contribution in [2.75, 3.05) is 5.75 Å². The minimum absolute atomic E-state index is 0.410. The van der Waals surface area contributed by atoms with Crippen LogP contribution in [-0.4, -0.2) is 43.7 Å². The van der Waals surface area contributed by atoms with E-state index in [0.717, 1.165) is 29.6 Å². The van der Waals surface area contributed by atoms with Crippen LogP contribution in [0.15, 0.2) is 5.16 Å². The molecule has 2 N–H and O–H groups in total. The molecule has 18 heavy (non-hydrogen) atoms. The summed E-state index contributed by atoms with van der Waals surface area (Å²) >= 11 is 1.55. The van der Waals surface area contributed by atoms with Gasteiger partial charge >= 0.3 is 5.97 Å². The SMILES string of the molecule is Cc1nnc(SCCC(NC2CC2)C(=O)O)n1C. The standard InChI is InChI=1S/C11H18N4O2S/c1-7-13-14-11(15(7)2)18-6-5-9(10(16)17)12-8-3-4-8/h8-9,12H,3-6H2,1-2H3,(H,16,17). The van der Waals surface area contributed by atoms with Crippen LogP contribution in [0.5, 0.6) is 0 Å². The molecule has 1 aliphatic carbocycles. The Balaban J connectivity index is 1.78. The largest absolute Gasteiger partial charge is 0.480 e. The molecule has 0 amide bonds. The molecule has 0 aromatic carbocycles. The molecule has 7 heteroatoms. The van der Waals surface area contributed by atoms with Crippen LogP contribution in [0.3, 0.4) is 0 Å². The quantitative estimate of drug-likeness (QED) is 0.714. The first-order chi connectivity index (χ1) is 8.58. The highest BCUT2D eigenvalue weighted by atomic mass is 32.2. The minimum atomic E-state index is -0.767. The second-order valence-corrected chi connectivity index (χ2v) is 5.62. The van der Waals surface area contributed by atoms with Crippen molar-refractivity contribution in [1.82, 2.24) is 20.1 Å². The molecule has 6 nitrogen and oxygen atoms in total. The molecule has 1 aromatic heterocycles. The smallest absolute Gasteiger partial charge is 0.320 e. The molecule has 1 heterocycles. The Morgan fingerprint density at radius 3 is 2.83 bits per heavy atom. The molecule has 1 unspecified atom stereocenters. The number of carbonyl (C=O) groups is 1. The van der Waals surface area contributed by atoms with Crippen LogP contribution in [0, 0.1) is 6.92 Å². The van der Waals surface area contributed by atoms with E-state index >= 15 is 0 Å². The van der Waals surface area contributed by atoms with Crippen LogP contribution >= 0.6 is 11.8 Å². The third-order valence-corrected chi connectivity index (χ3v) is 4.06. The van der Waals surface area contributed by atoms with Crippen LogP contribution in [0.25, 0.3) is 0 Å². The van der Waals surface area contributed by atoms with Crippen molar-refractivity contribution in [3.05, 3.63) is 5.82 Å². The summed E-state index contributed by atoms with van der Waals surface area (Å²) in [5, 5.41) is 21.1. The van der Waals surface area contributed by atoms with Gasteiger partial charge in [-0.3, -0.25) is 4.79 Å². The molecule has 1 fully saturated rings. The van der Waals surface area contributed by atoms with Crippen molar-refractivity contribution in [2.24, 2.45) is 7.05 Å². The zero-order chi connectivity index (χ0) is 13.1. The number of hydrogen-bond donors (Lipinski definition) is 2. The molecule has 2 rings (SSSR count). The number of carboxylic acids is 1. The lowest BCUT2D eigenvalue weighted by Crippen LogP contribution is -2.38. The predicted octanol–water partition coefficient (Wildman–Crippen LogP) is 0.811. The Kier molecular flexibility index (Phi) is 4.23. The molecule has 1 aliphatic rings. The number of rotatable bonds is 7. The van der Waals surface area contributed by atoms with Crippen molar-refractivity contribution < 1.29 is 9.90 Å². The van der Waals surface area contributed by atoms with E-state index in [-0.39, 0.29) is 0 Å². The first kappa shape index (κ1) is 13.4. The Hall–Kier alpha value is -1.08. The molecule has 0 radical (unpaired) electrons. The van der Waals surface area contributed by atoms with Crippen LogP contribution in [-0.2, 0) is 11.8 Å². The van der Waals surface area contributed by atoms with Gasteiger partial charge < -0.3 is 15.0 Å². The number of nitrogens with one attached hydrogen (secondary N) is 1. The van der Waals surface area contributed by atoms with Gasteiger partial charge in [0.2, 0.25) is 0 Å². The summed E-state index contributed by atoms with van der Waals surface area (Å²) in [5.41, 5.74) is 0. The Morgan fingerprint density at radius 1 is 1.61 bits per heavy atom. The Labute approximate surface area is 110 Å². The van der Waals surface area contributed by atoms with Gasteiger partial charge in [0.15, 0.2) is 5.16 Å². The van der Waals surface area contributed by atoms with Gasteiger partial charge in [-0.1, -0.05) is 11.8 Å². The average Bonchev–Trinajstić information content (AvgIpc) is 3.09. The minimum Gasteiger partial charge on any atom is -0.480 e. The maximum absolute atomic E-state index is 11.1. The molecular formula is C11H18N4O2S. The van der Waals surface area contributed by atoms with Gasteiger partial charge in [-0.05, 0) is 26.2 Å². The van der Waals surface area contributed by atoms with E-state index in [1.165, 1.54) is 0 Å². The van der Waals surface area contributed by atoms with E-state index in [9.17, 15) is 4.79 Å². The van der Waals surface area contributed by atoms with Gasteiger partial charge in [0, 0.05) is 18.8 Å². The fourth-order valence-electron chi connectivity index (χ4n) is 1.59. The molecule has 1 saturated carbocycles. The lowest BCUT2D eigenvalue weighted by atomic mass is 10.2. The number of carboxylic acid groups (broad SMARTS) is 1. The summed E-state index contributed by atoms with van der Waals surface area (Å²) in [6, 6.07) is -0.0347. The average molecular weight is 270 g/mol. The lowest BCUT2D eigenvalue weighted by molar-refractivity contribution is -0.139. The maximum Gasteiger partial charge on any atom is 0.320 e. The number of nitrogens with zero attached hydrogens (tertiary/aromatic N) is 3. The summed E-state index contributed by atoms with van der Waals surface area (Å²) in [4.78, 5) is 11.1. The van der Waals surface area contributed by atoms with Crippen molar-refractivity contribution in [2.45, 2.75) is 43.4 Å². The summed E-state index contributed by atoms with van der Waals surface area (Å²) in [5.74, 6) is 0.822. The maximum atomic E-state index is 11.1. The van der Waals surface area contributed by atoms with E-state index in [1.807, 2.05) is 18.5 Å². The highest BCUT2D eigenvalue weighted by Gasteiger charge is 2.27. The molecule has 1 atom stereocenters. The second-order valence-electron chi connectivity index (χ2n) is 4.56. The van der Waals surface area contributed by atoms with Crippen molar-refractivity contribution in [3.63, 3.8) is 0 Å². The van der Waals surface area contributed by atoms with Crippen molar-refractivity contribution in [3.8, 4) is 0 Å². The summed E-state index contributed by atoms with van der Waals surface area (Å²) in [6.07, 6.45) is 2.79. The van der Waals surface area contributed by atoms with Crippen LogP contribution in [0.1, 0.15) is 25.1 Å². The summed E-state index contributed by atoms with van der Waals surface area (Å²) < 4.78 is 1.91. The van der Waals surface area contributed by atoms with Gasteiger partial charge in [0.25, 0.3) is 0 Å². The van der Waals surface area contributed by atoms with Crippen molar-refractivity contribution in [1.29, 1.82) is 0 Å². The summed E-state index contributed by atoms with van der Waals surface area (Å²) in [6.45, 7) is 1.89. The Morgan fingerprint density at radius 2 is 2.33 bits per heavy atom. The molecule has 0 saturated heterocycles. The molecular weight excluding hydrogens is 252 g/mol. The number of hydrogen-bond acceptors (Lipinski definition) is 5. The van der Waals surface area contributed by atoms with Crippen molar-refractivity contribution >= 4 is 17.7 Å². The van der Waals surface area contributed by atoms with Gasteiger partial charge in [0.1, 0.15) is 11.9 Å². The third-order valence-electron chi connectivity index (χ3n) is 3.00. The predicted molar refractivity (Wildman–Crippen MR) is 68.7 cm³/mol. The normalized spacial score (nSPS) is 16.8. The number of aryl methyl sites for hydroxylation is 1. The fraction of sp³-hybridized carbons (Fsp3) is 0.727.